The molecule has 2 aromatic carbocycles. The second-order valence-electron chi connectivity index (χ2n) is 8.29. The molecule has 2 aromatic rings. The topological polar surface area (TPSA) is 58.6 Å². The van der Waals surface area contributed by atoms with Crippen molar-refractivity contribution in [1.29, 1.82) is 0 Å². The number of rotatable bonds is 9. The summed E-state index contributed by atoms with van der Waals surface area (Å²) in [6, 6.07) is 12.9. The van der Waals surface area contributed by atoms with Gasteiger partial charge in [-0.05, 0) is 49.9 Å². The molecule has 0 heterocycles. The van der Waals surface area contributed by atoms with Crippen LogP contribution in [0.25, 0.3) is 0 Å². The molecule has 0 saturated heterocycles. The fourth-order valence-corrected chi connectivity index (χ4v) is 4.84. The Morgan fingerprint density at radius 3 is 2.62 bits per heavy atom. The molecule has 1 aliphatic carbocycles. The third-order valence-corrected chi connectivity index (χ3v) is 6.56. The molecule has 7 heteroatoms. The quantitative estimate of drug-likeness (QED) is 0.463. The average molecular weight is 522 g/mol. The molecule has 3 rings (SSSR count). The number of halogens is 2. The molecule has 1 fully saturated rings. The van der Waals surface area contributed by atoms with Gasteiger partial charge < -0.3 is 15.0 Å². The van der Waals surface area contributed by atoms with E-state index in [4.69, 9.17) is 16.3 Å². The zero-order valence-electron chi connectivity index (χ0n) is 18.6. The maximum atomic E-state index is 13.3. The summed E-state index contributed by atoms with van der Waals surface area (Å²) >= 11 is 9.59. The minimum Gasteiger partial charge on any atom is -0.482 e. The van der Waals surface area contributed by atoms with E-state index in [0.29, 0.717) is 23.7 Å². The Labute approximate surface area is 203 Å². The van der Waals surface area contributed by atoms with Gasteiger partial charge in [-0.2, -0.15) is 0 Å². The molecule has 0 unspecified atom stereocenters. The maximum absolute atomic E-state index is 13.3. The Bertz CT molecular complexity index is 947. The second-order valence-corrected chi connectivity index (χ2v) is 9.61. The van der Waals surface area contributed by atoms with Crippen molar-refractivity contribution in [2.24, 2.45) is 0 Å². The van der Waals surface area contributed by atoms with Crippen molar-refractivity contribution in [1.82, 2.24) is 10.2 Å². The lowest BCUT2D eigenvalue weighted by Gasteiger charge is -2.31. The molecule has 0 aliphatic heterocycles. The molecule has 32 heavy (non-hydrogen) atoms. The number of nitrogens with zero attached hydrogens (tertiary/aromatic N) is 1. The normalized spacial score (nSPS) is 14.8. The minimum absolute atomic E-state index is 0.0953. The highest BCUT2D eigenvalue weighted by Gasteiger charge is 2.31. The van der Waals surface area contributed by atoms with Gasteiger partial charge >= 0.3 is 0 Å². The summed E-state index contributed by atoms with van der Waals surface area (Å²) in [4.78, 5) is 28.1. The molecule has 5 nitrogen and oxygen atoms in total. The summed E-state index contributed by atoms with van der Waals surface area (Å²) in [7, 11) is 0. The van der Waals surface area contributed by atoms with E-state index in [0.717, 1.165) is 41.3 Å². The van der Waals surface area contributed by atoms with Crippen molar-refractivity contribution in [3.63, 3.8) is 0 Å². The number of carbonyl (C=O) groups excluding carboxylic acids is 2. The van der Waals surface area contributed by atoms with Gasteiger partial charge in [-0.3, -0.25) is 9.59 Å². The van der Waals surface area contributed by atoms with Gasteiger partial charge in [-0.15, -0.1) is 0 Å². The first kappa shape index (κ1) is 24.6. The Kier molecular flexibility index (Phi) is 9.00. The van der Waals surface area contributed by atoms with E-state index >= 15 is 0 Å². The van der Waals surface area contributed by atoms with Gasteiger partial charge in [0.15, 0.2) is 6.61 Å². The van der Waals surface area contributed by atoms with Crippen LogP contribution in [0, 0.1) is 6.92 Å². The molecule has 0 radical (unpaired) electrons. The van der Waals surface area contributed by atoms with Crippen LogP contribution in [0.4, 0.5) is 0 Å². The first-order chi connectivity index (χ1) is 15.4. The number of benzene rings is 2. The van der Waals surface area contributed by atoms with Gasteiger partial charge in [0.2, 0.25) is 5.91 Å². The number of ether oxygens (including phenoxy) is 1. The summed E-state index contributed by atoms with van der Waals surface area (Å²) in [6.07, 6.45) is 4.79. The molecule has 0 bridgehead atoms. The molecule has 1 aliphatic rings. The summed E-state index contributed by atoms with van der Waals surface area (Å²) < 4.78 is 6.56. The maximum Gasteiger partial charge on any atom is 0.261 e. The minimum atomic E-state index is -0.562. The summed E-state index contributed by atoms with van der Waals surface area (Å²) in [6.45, 7) is 4.09. The van der Waals surface area contributed by atoms with Crippen LogP contribution in [-0.2, 0) is 16.1 Å². The molecule has 1 saturated carbocycles. The van der Waals surface area contributed by atoms with Crippen molar-refractivity contribution in [2.75, 3.05) is 6.61 Å². The highest BCUT2D eigenvalue weighted by Crippen LogP contribution is 2.28. The highest BCUT2D eigenvalue weighted by molar-refractivity contribution is 9.10. The van der Waals surface area contributed by atoms with Gasteiger partial charge in [0, 0.05) is 17.1 Å². The standard InChI is InChI=1S/C25H30BrClN2O3/c1-3-22(25(31)28-20-9-4-5-10-20)29(15-18-8-6-7-17(2)13-18)24(30)16-32-23-12-11-19(26)14-21(23)27/h6-8,11-14,20,22H,3-5,9-10,15-16H2,1-2H3,(H,28,31)/t22-/m1/s1. The number of hydrogen-bond donors (Lipinski definition) is 1. The fraction of sp³-hybridized carbons (Fsp3) is 0.440. The number of nitrogens with one attached hydrogen (secondary N) is 1. The first-order valence-corrected chi connectivity index (χ1v) is 12.3. The van der Waals surface area contributed by atoms with Gasteiger partial charge in [0.05, 0.1) is 5.02 Å². The monoisotopic (exact) mass is 520 g/mol. The Morgan fingerprint density at radius 2 is 1.97 bits per heavy atom. The summed E-state index contributed by atoms with van der Waals surface area (Å²) in [5, 5.41) is 3.57. The van der Waals surface area contributed by atoms with Gasteiger partial charge in [0.1, 0.15) is 11.8 Å². The lowest BCUT2D eigenvalue weighted by atomic mass is 10.1. The predicted molar refractivity (Wildman–Crippen MR) is 131 cm³/mol. The molecule has 1 atom stereocenters. The summed E-state index contributed by atoms with van der Waals surface area (Å²) in [5.41, 5.74) is 2.09. The van der Waals surface area contributed by atoms with Crippen LogP contribution in [0.5, 0.6) is 5.75 Å². The molecular formula is C25H30BrClN2O3. The van der Waals surface area contributed by atoms with E-state index in [2.05, 4.69) is 21.2 Å². The molecule has 1 N–H and O–H groups in total. The van der Waals surface area contributed by atoms with Crippen LogP contribution in [0.15, 0.2) is 46.9 Å². The van der Waals surface area contributed by atoms with E-state index in [1.807, 2.05) is 38.1 Å². The van der Waals surface area contributed by atoms with E-state index in [1.54, 1.807) is 23.1 Å². The van der Waals surface area contributed by atoms with E-state index in [-0.39, 0.29) is 24.5 Å². The van der Waals surface area contributed by atoms with Crippen LogP contribution in [0.3, 0.4) is 0 Å². The van der Waals surface area contributed by atoms with Crippen molar-refractivity contribution in [3.8, 4) is 5.75 Å². The Hall–Kier alpha value is -2.05. The SMILES string of the molecule is CC[C@H](C(=O)NC1CCCC1)N(Cc1cccc(C)c1)C(=O)COc1ccc(Br)cc1Cl. The predicted octanol–water partition coefficient (Wildman–Crippen LogP) is 5.66. The molecular weight excluding hydrogens is 492 g/mol. The van der Waals surface area contributed by atoms with E-state index in [9.17, 15) is 9.59 Å². The second kappa shape index (κ2) is 11.7. The third-order valence-electron chi connectivity index (χ3n) is 5.77. The lowest BCUT2D eigenvalue weighted by molar-refractivity contribution is -0.143. The largest absolute Gasteiger partial charge is 0.482 e. The zero-order valence-corrected chi connectivity index (χ0v) is 20.9. The van der Waals surface area contributed by atoms with Crippen LogP contribution in [0.1, 0.15) is 50.2 Å². The first-order valence-electron chi connectivity index (χ1n) is 11.1. The zero-order chi connectivity index (χ0) is 23.1. The highest BCUT2D eigenvalue weighted by atomic mass is 79.9. The van der Waals surface area contributed by atoms with Crippen molar-refractivity contribution < 1.29 is 14.3 Å². The smallest absolute Gasteiger partial charge is 0.261 e. The van der Waals surface area contributed by atoms with Crippen molar-refractivity contribution >= 4 is 39.3 Å². The van der Waals surface area contributed by atoms with Gasteiger partial charge in [-0.25, -0.2) is 0 Å². The molecule has 2 amide bonds. The fourth-order valence-electron chi connectivity index (χ4n) is 4.11. The van der Waals surface area contributed by atoms with Gasteiger partial charge in [-0.1, -0.05) is 77.1 Å². The summed E-state index contributed by atoms with van der Waals surface area (Å²) in [5.74, 6) is 0.0863. The number of hydrogen-bond acceptors (Lipinski definition) is 3. The lowest BCUT2D eigenvalue weighted by Crippen LogP contribution is -2.52. The van der Waals surface area contributed by atoms with Crippen molar-refractivity contribution in [2.45, 2.75) is 64.6 Å². The Morgan fingerprint density at radius 1 is 1.22 bits per heavy atom. The van der Waals surface area contributed by atoms with Crippen LogP contribution in [0.2, 0.25) is 5.02 Å². The molecule has 0 aromatic heterocycles. The molecule has 172 valence electrons. The van der Waals surface area contributed by atoms with E-state index in [1.165, 1.54) is 0 Å². The van der Waals surface area contributed by atoms with Crippen LogP contribution < -0.4 is 10.1 Å². The van der Waals surface area contributed by atoms with Gasteiger partial charge in [0.25, 0.3) is 5.91 Å². The van der Waals surface area contributed by atoms with Crippen LogP contribution >= 0.6 is 27.5 Å². The van der Waals surface area contributed by atoms with Crippen molar-refractivity contribution in [3.05, 3.63) is 63.1 Å². The third kappa shape index (κ3) is 6.72. The average Bonchev–Trinajstić information content (AvgIpc) is 3.26. The number of aryl methyl sites for hydroxylation is 1. The van der Waals surface area contributed by atoms with Crippen LogP contribution in [-0.4, -0.2) is 35.4 Å². The Balaban J connectivity index is 1.77. The number of carbonyl (C=O) groups is 2. The van der Waals surface area contributed by atoms with E-state index < -0.39 is 6.04 Å². The number of amides is 2. The molecule has 0 spiro atoms.